The van der Waals surface area contributed by atoms with Crippen LogP contribution in [0, 0.1) is 24.1 Å². The maximum Gasteiger partial charge on any atom is 0.272 e. The fourth-order valence-corrected chi connectivity index (χ4v) is 3.21. The van der Waals surface area contributed by atoms with Crippen molar-refractivity contribution in [2.45, 2.75) is 19.9 Å². The van der Waals surface area contributed by atoms with E-state index in [1.54, 1.807) is 31.2 Å². The van der Waals surface area contributed by atoms with Crippen LogP contribution in [-0.2, 0) is 0 Å². The second kappa shape index (κ2) is 7.49. The number of carbonyl (C=O) groups excluding carboxylic acids is 1. The summed E-state index contributed by atoms with van der Waals surface area (Å²) in [5.74, 6) is -2.14. The van der Waals surface area contributed by atoms with E-state index in [0.29, 0.717) is 5.56 Å². The average molecular weight is 376 g/mol. The highest BCUT2D eigenvalue weighted by atomic mass is 19.1. The summed E-state index contributed by atoms with van der Waals surface area (Å²) in [6, 6.07) is 15.4. The molecule has 1 unspecified atom stereocenters. The molecule has 28 heavy (non-hydrogen) atoms. The van der Waals surface area contributed by atoms with E-state index in [1.165, 1.54) is 25.1 Å². The van der Waals surface area contributed by atoms with Crippen LogP contribution in [0.2, 0.25) is 0 Å². The van der Waals surface area contributed by atoms with Gasteiger partial charge in [-0.15, -0.1) is 0 Å². The van der Waals surface area contributed by atoms with E-state index in [9.17, 15) is 24.3 Å². The summed E-state index contributed by atoms with van der Waals surface area (Å²) >= 11 is 0. The largest absolute Gasteiger partial charge is 0.494 e. The Morgan fingerprint density at radius 1 is 1.14 bits per heavy atom. The summed E-state index contributed by atoms with van der Waals surface area (Å²) in [6.07, 6.45) is 0. The van der Waals surface area contributed by atoms with Crippen molar-refractivity contribution in [1.29, 1.82) is 5.26 Å². The third-order valence-electron chi connectivity index (χ3n) is 4.76. The van der Waals surface area contributed by atoms with Crippen molar-refractivity contribution >= 4 is 5.78 Å². The van der Waals surface area contributed by atoms with Crippen LogP contribution in [0.3, 0.4) is 0 Å². The molecular formula is C22H17FN2O3. The Morgan fingerprint density at radius 2 is 1.75 bits per heavy atom. The van der Waals surface area contributed by atoms with Crippen molar-refractivity contribution in [3.05, 3.63) is 98.6 Å². The van der Waals surface area contributed by atoms with Crippen LogP contribution in [-0.4, -0.2) is 15.5 Å². The summed E-state index contributed by atoms with van der Waals surface area (Å²) < 4.78 is 15.1. The Hall–Kier alpha value is -3.72. The molecule has 0 aliphatic heterocycles. The van der Waals surface area contributed by atoms with Gasteiger partial charge >= 0.3 is 0 Å². The van der Waals surface area contributed by atoms with Gasteiger partial charge in [-0.3, -0.25) is 14.2 Å². The molecule has 3 aromatic rings. The van der Waals surface area contributed by atoms with Gasteiger partial charge in [0.15, 0.2) is 0 Å². The van der Waals surface area contributed by atoms with E-state index in [-0.39, 0.29) is 22.3 Å². The van der Waals surface area contributed by atoms with Crippen molar-refractivity contribution in [1.82, 2.24) is 4.57 Å². The summed E-state index contributed by atoms with van der Waals surface area (Å²) in [4.78, 5) is 25.8. The van der Waals surface area contributed by atoms with Crippen LogP contribution in [0.25, 0.3) is 0 Å². The van der Waals surface area contributed by atoms with Crippen LogP contribution in [0.15, 0.2) is 59.4 Å². The van der Waals surface area contributed by atoms with E-state index in [4.69, 9.17) is 0 Å². The smallest absolute Gasteiger partial charge is 0.272 e. The molecule has 0 spiro atoms. The number of benzene rings is 2. The third-order valence-corrected chi connectivity index (χ3v) is 4.76. The molecule has 1 N–H and O–H groups in total. The number of aromatic hydroxyl groups is 1. The number of hydrogen-bond donors (Lipinski definition) is 1. The van der Waals surface area contributed by atoms with Gasteiger partial charge in [0.05, 0.1) is 17.2 Å². The first kappa shape index (κ1) is 19.1. The predicted molar refractivity (Wildman–Crippen MR) is 102 cm³/mol. The molecular weight excluding hydrogens is 359 g/mol. The fraction of sp³-hybridized carbons (Fsp3) is 0.136. The Morgan fingerprint density at radius 3 is 2.36 bits per heavy atom. The molecule has 1 aromatic heterocycles. The zero-order valence-corrected chi connectivity index (χ0v) is 15.3. The number of nitriles is 1. The molecule has 0 saturated heterocycles. The summed E-state index contributed by atoms with van der Waals surface area (Å²) in [7, 11) is 0. The van der Waals surface area contributed by atoms with Crippen molar-refractivity contribution in [2.24, 2.45) is 0 Å². The molecule has 140 valence electrons. The summed E-state index contributed by atoms with van der Waals surface area (Å²) in [5.41, 5.74) is -0.753. The lowest BCUT2D eigenvalue weighted by Crippen LogP contribution is -2.29. The standard InChI is InChI=1S/C22H17FN2O3/c1-13-17(12-24)21(27)25(14(2)15-8-4-3-5-9-15)22(28)19(13)20(26)16-10-6-7-11-18(16)23/h3-11,14,28H,1-2H3. The number of rotatable bonds is 4. The number of aromatic nitrogens is 1. The zero-order chi connectivity index (χ0) is 20.4. The fourth-order valence-electron chi connectivity index (χ4n) is 3.21. The van der Waals surface area contributed by atoms with E-state index in [1.807, 2.05) is 12.1 Å². The van der Waals surface area contributed by atoms with Crippen molar-refractivity contribution in [3.8, 4) is 11.9 Å². The minimum absolute atomic E-state index is 0.0229. The molecule has 1 atom stereocenters. The van der Waals surface area contributed by atoms with Gasteiger partial charge in [-0.05, 0) is 37.1 Å². The molecule has 5 nitrogen and oxygen atoms in total. The van der Waals surface area contributed by atoms with Crippen LogP contribution in [0.5, 0.6) is 5.88 Å². The molecule has 0 radical (unpaired) electrons. The number of ketones is 1. The highest BCUT2D eigenvalue weighted by Crippen LogP contribution is 2.29. The Labute approximate surface area is 160 Å². The van der Waals surface area contributed by atoms with Crippen molar-refractivity contribution < 1.29 is 14.3 Å². The van der Waals surface area contributed by atoms with E-state index in [0.717, 1.165) is 10.6 Å². The zero-order valence-electron chi connectivity index (χ0n) is 15.3. The maximum absolute atomic E-state index is 14.1. The minimum Gasteiger partial charge on any atom is -0.494 e. The van der Waals surface area contributed by atoms with Gasteiger partial charge in [0.1, 0.15) is 17.4 Å². The van der Waals surface area contributed by atoms with Gasteiger partial charge in [-0.1, -0.05) is 42.5 Å². The SMILES string of the molecule is Cc1c(C(=O)c2ccccc2F)c(O)n(C(C)c2ccccc2)c(=O)c1C#N. The molecule has 6 heteroatoms. The lowest BCUT2D eigenvalue weighted by Gasteiger charge is -2.21. The Balaban J connectivity index is 2.31. The summed E-state index contributed by atoms with van der Waals surface area (Å²) in [5, 5.41) is 20.3. The predicted octanol–water partition coefficient (Wildman–Crippen LogP) is 3.71. The molecule has 2 aromatic carbocycles. The quantitative estimate of drug-likeness (QED) is 0.704. The number of pyridine rings is 1. The van der Waals surface area contributed by atoms with Crippen LogP contribution < -0.4 is 5.56 Å². The molecule has 0 aliphatic carbocycles. The summed E-state index contributed by atoms with van der Waals surface area (Å²) in [6.45, 7) is 3.07. The first-order valence-electron chi connectivity index (χ1n) is 8.60. The van der Waals surface area contributed by atoms with Gasteiger partial charge < -0.3 is 5.11 Å². The van der Waals surface area contributed by atoms with E-state index in [2.05, 4.69) is 0 Å². The van der Waals surface area contributed by atoms with E-state index < -0.39 is 29.1 Å². The first-order chi connectivity index (χ1) is 13.4. The van der Waals surface area contributed by atoms with E-state index >= 15 is 0 Å². The number of halogens is 1. The van der Waals surface area contributed by atoms with Gasteiger partial charge in [-0.2, -0.15) is 5.26 Å². The molecule has 1 heterocycles. The topological polar surface area (TPSA) is 83.1 Å². The lowest BCUT2D eigenvalue weighted by molar-refractivity contribution is 0.103. The van der Waals surface area contributed by atoms with Crippen molar-refractivity contribution in [2.75, 3.05) is 0 Å². The first-order valence-corrected chi connectivity index (χ1v) is 8.60. The molecule has 0 saturated carbocycles. The molecule has 3 rings (SSSR count). The van der Waals surface area contributed by atoms with Gasteiger partial charge in [0.2, 0.25) is 11.7 Å². The highest BCUT2D eigenvalue weighted by Gasteiger charge is 2.28. The monoisotopic (exact) mass is 376 g/mol. The van der Waals surface area contributed by atoms with Gasteiger partial charge in [0, 0.05) is 0 Å². The third kappa shape index (κ3) is 3.08. The number of carbonyl (C=O) groups is 1. The van der Waals surface area contributed by atoms with Crippen LogP contribution >= 0.6 is 0 Å². The molecule has 0 amide bonds. The minimum atomic E-state index is -0.793. The number of nitrogens with zero attached hydrogens (tertiary/aromatic N) is 2. The van der Waals surface area contributed by atoms with Gasteiger partial charge in [-0.25, -0.2) is 4.39 Å². The average Bonchev–Trinajstić information content (AvgIpc) is 2.69. The Kier molecular flexibility index (Phi) is 5.10. The molecule has 0 fully saturated rings. The second-order valence-corrected chi connectivity index (χ2v) is 6.38. The maximum atomic E-state index is 14.1. The van der Waals surface area contributed by atoms with Gasteiger partial charge in [0.25, 0.3) is 5.56 Å². The van der Waals surface area contributed by atoms with Crippen LogP contribution in [0.1, 0.15) is 45.6 Å². The van der Waals surface area contributed by atoms with Crippen molar-refractivity contribution in [3.63, 3.8) is 0 Å². The molecule has 0 bridgehead atoms. The Bertz CT molecular complexity index is 1160. The molecule has 0 aliphatic rings. The van der Waals surface area contributed by atoms with Crippen LogP contribution in [0.4, 0.5) is 4.39 Å². The second-order valence-electron chi connectivity index (χ2n) is 6.38. The normalized spacial score (nSPS) is 11.6. The lowest BCUT2D eigenvalue weighted by atomic mass is 9.96. The highest BCUT2D eigenvalue weighted by molar-refractivity contribution is 6.11. The number of hydrogen-bond acceptors (Lipinski definition) is 4.